The van der Waals surface area contributed by atoms with Crippen LogP contribution in [0.5, 0.6) is 0 Å². The molecule has 0 spiro atoms. The van der Waals surface area contributed by atoms with Crippen LogP contribution in [0.3, 0.4) is 0 Å². The Labute approximate surface area is 125 Å². The van der Waals surface area contributed by atoms with Crippen LogP contribution in [0, 0.1) is 4.77 Å². The van der Waals surface area contributed by atoms with Crippen LogP contribution in [-0.4, -0.2) is 21.6 Å². The fourth-order valence-corrected chi connectivity index (χ4v) is 3.20. The van der Waals surface area contributed by atoms with E-state index in [4.69, 9.17) is 12.2 Å². The number of aryl methyl sites for hydroxylation is 1. The largest absolute Gasteiger partial charge is 0.331 e. The van der Waals surface area contributed by atoms with Crippen molar-refractivity contribution in [3.63, 3.8) is 0 Å². The molecule has 0 saturated heterocycles. The number of nitrogens with zero attached hydrogens (tertiary/aromatic N) is 1. The van der Waals surface area contributed by atoms with Crippen molar-refractivity contribution < 1.29 is 0 Å². The standard InChI is InChI=1S/C13H17BrN2S2/c1-18-8-4-2-3-7-16-12-6-5-10(14)9-11(12)15-13(16)17/h5-6,9H,2-4,7-8H2,1H3,(H,15,17). The highest BCUT2D eigenvalue weighted by molar-refractivity contribution is 9.10. The average Bonchev–Trinajstić information content (AvgIpc) is 2.64. The lowest BCUT2D eigenvalue weighted by molar-refractivity contribution is 0.611. The molecule has 98 valence electrons. The summed E-state index contributed by atoms with van der Waals surface area (Å²) in [6.07, 6.45) is 5.92. The number of rotatable bonds is 6. The summed E-state index contributed by atoms with van der Waals surface area (Å²) in [6, 6.07) is 6.26. The maximum atomic E-state index is 5.39. The molecule has 0 saturated carbocycles. The number of imidazole rings is 1. The lowest BCUT2D eigenvalue weighted by atomic mass is 10.2. The van der Waals surface area contributed by atoms with Gasteiger partial charge in [0.2, 0.25) is 0 Å². The number of aromatic nitrogens is 2. The van der Waals surface area contributed by atoms with E-state index in [9.17, 15) is 0 Å². The average molecular weight is 345 g/mol. The number of nitrogens with one attached hydrogen (secondary N) is 1. The molecule has 0 aliphatic heterocycles. The summed E-state index contributed by atoms with van der Waals surface area (Å²) in [7, 11) is 0. The highest BCUT2D eigenvalue weighted by Gasteiger charge is 2.04. The molecular formula is C13H17BrN2S2. The van der Waals surface area contributed by atoms with Crippen LogP contribution < -0.4 is 0 Å². The molecule has 1 aromatic heterocycles. The first-order valence-corrected chi connectivity index (χ1v) is 8.69. The third kappa shape index (κ3) is 3.39. The van der Waals surface area contributed by atoms with Crippen LogP contribution in [0.2, 0.25) is 0 Å². The third-order valence-electron chi connectivity index (χ3n) is 2.97. The lowest BCUT2D eigenvalue weighted by Crippen LogP contribution is -1.98. The van der Waals surface area contributed by atoms with Gasteiger partial charge < -0.3 is 9.55 Å². The minimum absolute atomic E-state index is 0.827. The van der Waals surface area contributed by atoms with Crippen LogP contribution in [0.1, 0.15) is 19.3 Å². The Morgan fingerprint density at radius 3 is 2.94 bits per heavy atom. The van der Waals surface area contributed by atoms with Gasteiger partial charge in [0.15, 0.2) is 4.77 Å². The Bertz CT molecular complexity index is 574. The number of hydrogen-bond acceptors (Lipinski definition) is 2. The number of thioether (sulfide) groups is 1. The molecule has 0 unspecified atom stereocenters. The highest BCUT2D eigenvalue weighted by atomic mass is 79.9. The van der Waals surface area contributed by atoms with E-state index in [-0.39, 0.29) is 0 Å². The van der Waals surface area contributed by atoms with E-state index < -0.39 is 0 Å². The van der Waals surface area contributed by atoms with E-state index in [1.165, 1.54) is 30.5 Å². The Hall–Kier alpha value is -0.260. The van der Waals surface area contributed by atoms with E-state index in [2.05, 4.69) is 49.9 Å². The van der Waals surface area contributed by atoms with Gasteiger partial charge in [-0.05, 0) is 55.3 Å². The Morgan fingerprint density at radius 1 is 1.33 bits per heavy atom. The maximum absolute atomic E-state index is 5.39. The molecule has 0 fully saturated rings. The second-order valence-electron chi connectivity index (χ2n) is 4.30. The molecule has 0 aliphatic carbocycles. The van der Waals surface area contributed by atoms with Crippen LogP contribution in [-0.2, 0) is 6.54 Å². The van der Waals surface area contributed by atoms with Crippen molar-refractivity contribution in [3.05, 3.63) is 27.4 Å². The third-order valence-corrected chi connectivity index (χ3v) is 4.48. The van der Waals surface area contributed by atoms with Crippen molar-refractivity contribution in [2.45, 2.75) is 25.8 Å². The second kappa shape index (κ2) is 6.78. The quantitative estimate of drug-likeness (QED) is 0.588. The van der Waals surface area contributed by atoms with E-state index in [0.29, 0.717) is 0 Å². The van der Waals surface area contributed by atoms with Gasteiger partial charge in [0.1, 0.15) is 0 Å². The highest BCUT2D eigenvalue weighted by Crippen LogP contribution is 2.20. The van der Waals surface area contributed by atoms with Crippen molar-refractivity contribution in [2.24, 2.45) is 0 Å². The van der Waals surface area contributed by atoms with E-state index in [1.807, 2.05) is 11.8 Å². The molecule has 2 aromatic rings. The molecule has 0 amide bonds. The normalized spacial score (nSPS) is 11.2. The number of unbranched alkanes of at least 4 members (excludes halogenated alkanes) is 2. The van der Waals surface area contributed by atoms with E-state index in [0.717, 1.165) is 21.3 Å². The SMILES string of the molecule is CSCCCCCn1c(=S)[nH]c2cc(Br)ccc21. The van der Waals surface area contributed by atoms with Gasteiger partial charge >= 0.3 is 0 Å². The molecule has 0 aliphatic rings. The number of H-pyrrole nitrogens is 1. The first-order valence-electron chi connectivity index (χ1n) is 6.09. The number of benzene rings is 1. The zero-order chi connectivity index (χ0) is 13.0. The molecule has 2 nitrogen and oxygen atoms in total. The van der Waals surface area contributed by atoms with Gasteiger partial charge in [-0.1, -0.05) is 22.4 Å². The van der Waals surface area contributed by atoms with Crippen molar-refractivity contribution in [1.29, 1.82) is 0 Å². The summed E-state index contributed by atoms with van der Waals surface area (Å²) in [5, 5.41) is 0. The molecule has 0 bridgehead atoms. The Morgan fingerprint density at radius 2 is 2.17 bits per heavy atom. The molecule has 0 atom stereocenters. The minimum atomic E-state index is 0.827. The summed E-state index contributed by atoms with van der Waals surface area (Å²) in [6.45, 7) is 1.01. The van der Waals surface area contributed by atoms with Crippen LogP contribution >= 0.6 is 39.9 Å². The summed E-state index contributed by atoms with van der Waals surface area (Å²) in [5.41, 5.74) is 2.31. The summed E-state index contributed by atoms with van der Waals surface area (Å²) >= 11 is 10.8. The molecule has 1 heterocycles. The van der Waals surface area contributed by atoms with E-state index >= 15 is 0 Å². The first-order chi connectivity index (χ1) is 8.72. The monoisotopic (exact) mass is 344 g/mol. The first kappa shape index (κ1) is 14.2. The topological polar surface area (TPSA) is 20.7 Å². The second-order valence-corrected chi connectivity index (χ2v) is 6.58. The molecule has 0 radical (unpaired) electrons. The molecule has 2 rings (SSSR count). The maximum Gasteiger partial charge on any atom is 0.178 e. The molecular weight excluding hydrogens is 328 g/mol. The van der Waals surface area contributed by atoms with E-state index in [1.54, 1.807) is 0 Å². The molecule has 18 heavy (non-hydrogen) atoms. The number of fused-ring (bicyclic) bond motifs is 1. The fourth-order valence-electron chi connectivity index (χ4n) is 2.05. The van der Waals surface area contributed by atoms with Crippen molar-refractivity contribution in [3.8, 4) is 0 Å². The Balaban J connectivity index is 2.08. The van der Waals surface area contributed by atoms with Gasteiger partial charge in [0.05, 0.1) is 11.0 Å². The van der Waals surface area contributed by atoms with Gasteiger partial charge in [-0.25, -0.2) is 0 Å². The zero-order valence-electron chi connectivity index (χ0n) is 10.4. The number of hydrogen-bond donors (Lipinski definition) is 1. The minimum Gasteiger partial charge on any atom is -0.331 e. The molecule has 5 heteroatoms. The Kier molecular flexibility index (Phi) is 5.33. The number of halogens is 1. The predicted octanol–water partition coefficient (Wildman–Crippen LogP) is 4.99. The molecule has 1 aromatic carbocycles. The fraction of sp³-hybridized carbons (Fsp3) is 0.462. The smallest absolute Gasteiger partial charge is 0.178 e. The van der Waals surface area contributed by atoms with Crippen LogP contribution in [0.4, 0.5) is 0 Å². The van der Waals surface area contributed by atoms with Gasteiger partial charge in [-0.3, -0.25) is 0 Å². The van der Waals surface area contributed by atoms with Gasteiger partial charge in [-0.2, -0.15) is 11.8 Å². The van der Waals surface area contributed by atoms with Gasteiger partial charge in [0.25, 0.3) is 0 Å². The lowest BCUT2D eigenvalue weighted by Gasteiger charge is -2.04. The van der Waals surface area contributed by atoms with Crippen molar-refractivity contribution in [1.82, 2.24) is 9.55 Å². The summed E-state index contributed by atoms with van der Waals surface area (Å²) in [5.74, 6) is 1.26. The van der Waals surface area contributed by atoms with Crippen LogP contribution in [0.15, 0.2) is 22.7 Å². The van der Waals surface area contributed by atoms with Gasteiger partial charge in [0, 0.05) is 11.0 Å². The van der Waals surface area contributed by atoms with Gasteiger partial charge in [-0.15, -0.1) is 0 Å². The summed E-state index contributed by atoms with van der Waals surface area (Å²) < 4.78 is 4.11. The van der Waals surface area contributed by atoms with Crippen LogP contribution in [0.25, 0.3) is 11.0 Å². The predicted molar refractivity (Wildman–Crippen MR) is 87.1 cm³/mol. The molecule has 1 N–H and O–H groups in total. The zero-order valence-corrected chi connectivity index (χ0v) is 13.6. The van der Waals surface area contributed by atoms with Crippen molar-refractivity contribution >= 4 is 50.9 Å². The summed E-state index contributed by atoms with van der Waals surface area (Å²) in [4.78, 5) is 3.26. The number of aromatic amines is 1. The van der Waals surface area contributed by atoms with Crippen molar-refractivity contribution in [2.75, 3.05) is 12.0 Å².